The Morgan fingerprint density at radius 3 is 2.67 bits per heavy atom. The van der Waals surface area contributed by atoms with Gasteiger partial charge in [-0.2, -0.15) is 5.26 Å². The van der Waals surface area contributed by atoms with Crippen LogP contribution in [0.2, 0.25) is 5.02 Å². The summed E-state index contributed by atoms with van der Waals surface area (Å²) < 4.78 is 0. The molecular formula is C16H19ClN2O2. The van der Waals surface area contributed by atoms with Crippen LogP contribution in [-0.4, -0.2) is 17.6 Å². The summed E-state index contributed by atoms with van der Waals surface area (Å²) in [7, 11) is 0. The van der Waals surface area contributed by atoms with E-state index in [2.05, 4.69) is 11.4 Å². The Morgan fingerprint density at radius 1 is 1.38 bits per heavy atom. The zero-order chi connectivity index (χ0) is 15.3. The predicted octanol–water partition coefficient (Wildman–Crippen LogP) is 2.96. The number of rotatable bonds is 4. The van der Waals surface area contributed by atoms with E-state index in [0.717, 1.165) is 19.3 Å². The van der Waals surface area contributed by atoms with E-state index in [1.54, 1.807) is 24.3 Å². The van der Waals surface area contributed by atoms with Crippen LogP contribution in [0.15, 0.2) is 24.3 Å². The van der Waals surface area contributed by atoms with Crippen molar-refractivity contribution in [1.29, 1.82) is 5.26 Å². The van der Waals surface area contributed by atoms with Crippen LogP contribution in [0.4, 0.5) is 0 Å². The summed E-state index contributed by atoms with van der Waals surface area (Å²) in [6.45, 7) is 0.0615. The van der Waals surface area contributed by atoms with Crippen LogP contribution >= 0.6 is 11.6 Å². The molecule has 1 unspecified atom stereocenters. The van der Waals surface area contributed by atoms with E-state index < -0.39 is 11.5 Å². The Kier molecular flexibility index (Phi) is 5.22. The highest BCUT2D eigenvalue weighted by molar-refractivity contribution is 6.31. The lowest BCUT2D eigenvalue weighted by atomic mass is 9.74. The summed E-state index contributed by atoms with van der Waals surface area (Å²) in [6.07, 6.45) is 3.18. The van der Waals surface area contributed by atoms with Crippen LogP contribution in [0.3, 0.4) is 0 Å². The predicted molar refractivity (Wildman–Crippen MR) is 80.6 cm³/mol. The highest BCUT2D eigenvalue weighted by Crippen LogP contribution is 2.36. The number of amides is 1. The van der Waals surface area contributed by atoms with Gasteiger partial charge in [0.2, 0.25) is 5.91 Å². The Balaban J connectivity index is 1.97. The van der Waals surface area contributed by atoms with Crippen LogP contribution in [0, 0.1) is 16.7 Å². The van der Waals surface area contributed by atoms with Gasteiger partial charge in [-0.15, -0.1) is 0 Å². The molecule has 2 rings (SSSR count). The lowest BCUT2D eigenvalue weighted by molar-refractivity contribution is -0.130. The minimum Gasteiger partial charge on any atom is -0.387 e. The highest BCUT2D eigenvalue weighted by Gasteiger charge is 2.39. The average molecular weight is 307 g/mol. The smallest absolute Gasteiger partial charge is 0.240 e. The summed E-state index contributed by atoms with van der Waals surface area (Å²) >= 11 is 6.01. The zero-order valence-electron chi connectivity index (χ0n) is 11.8. The lowest BCUT2D eigenvalue weighted by Gasteiger charge is -2.29. The number of halogens is 1. The van der Waals surface area contributed by atoms with Gasteiger partial charge in [-0.1, -0.05) is 49.1 Å². The van der Waals surface area contributed by atoms with Crippen LogP contribution in [0.5, 0.6) is 0 Å². The van der Waals surface area contributed by atoms with E-state index in [0.29, 0.717) is 23.4 Å². The first-order chi connectivity index (χ1) is 10.1. The first-order valence-corrected chi connectivity index (χ1v) is 7.59. The number of aliphatic hydroxyl groups excluding tert-OH is 1. The molecule has 0 bridgehead atoms. The van der Waals surface area contributed by atoms with Crippen molar-refractivity contribution < 1.29 is 9.90 Å². The van der Waals surface area contributed by atoms with Gasteiger partial charge in [-0.25, -0.2) is 0 Å². The van der Waals surface area contributed by atoms with E-state index >= 15 is 0 Å². The van der Waals surface area contributed by atoms with Gasteiger partial charge in [0, 0.05) is 17.1 Å². The Labute approximate surface area is 129 Å². The number of hydrogen-bond donors (Lipinski definition) is 2. The SMILES string of the molecule is N#CC1(C(=O)NCC(O)c2ccccc2Cl)CCCCC1. The van der Waals surface area contributed by atoms with Gasteiger partial charge in [0.15, 0.2) is 0 Å². The van der Waals surface area contributed by atoms with Gasteiger partial charge in [0.1, 0.15) is 5.41 Å². The maximum Gasteiger partial charge on any atom is 0.240 e. The number of aliphatic hydroxyl groups is 1. The molecule has 0 aromatic heterocycles. The van der Waals surface area contributed by atoms with Crippen LogP contribution in [0.1, 0.15) is 43.8 Å². The van der Waals surface area contributed by atoms with Crippen molar-refractivity contribution in [3.63, 3.8) is 0 Å². The highest BCUT2D eigenvalue weighted by atomic mass is 35.5. The van der Waals surface area contributed by atoms with Crippen LogP contribution in [-0.2, 0) is 4.79 Å². The maximum atomic E-state index is 12.3. The minimum absolute atomic E-state index is 0.0615. The fourth-order valence-corrected chi connectivity index (χ4v) is 3.02. The number of nitriles is 1. The first kappa shape index (κ1) is 15.8. The van der Waals surface area contributed by atoms with Crippen molar-refractivity contribution >= 4 is 17.5 Å². The molecule has 0 radical (unpaired) electrons. The normalized spacial score (nSPS) is 18.5. The van der Waals surface area contributed by atoms with E-state index in [1.807, 2.05) is 0 Å². The van der Waals surface area contributed by atoms with Gasteiger partial charge < -0.3 is 10.4 Å². The molecule has 2 N–H and O–H groups in total. The molecule has 1 aromatic rings. The molecule has 0 aliphatic heterocycles. The fraction of sp³-hybridized carbons (Fsp3) is 0.500. The second-order valence-corrected chi connectivity index (χ2v) is 5.91. The first-order valence-electron chi connectivity index (χ1n) is 7.21. The van der Waals surface area contributed by atoms with Crippen LogP contribution in [0.25, 0.3) is 0 Å². The minimum atomic E-state index is -0.932. The molecule has 1 aliphatic carbocycles. The third kappa shape index (κ3) is 3.55. The van der Waals surface area contributed by atoms with Crippen LogP contribution < -0.4 is 5.32 Å². The molecule has 1 saturated carbocycles. The standard InChI is InChI=1S/C16H19ClN2O2/c17-13-7-3-2-6-12(13)14(20)10-19-15(21)16(11-18)8-4-1-5-9-16/h2-3,6-7,14,20H,1,4-5,8-10H2,(H,19,21). The Bertz CT molecular complexity index is 547. The van der Waals surface area contributed by atoms with E-state index in [9.17, 15) is 15.2 Å². The maximum absolute atomic E-state index is 12.3. The molecule has 1 aromatic carbocycles. The second kappa shape index (κ2) is 6.93. The van der Waals surface area contributed by atoms with Crippen molar-refractivity contribution in [3.05, 3.63) is 34.9 Å². The molecule has 0 saturated heterocycles. The quantitative estimate of drug-likeness (QED) is 0.898. The number of nitrogens with one attached hydrogen (secondary N) is 1. The third-order valence-electron chi connectivity index (χ3n) is 4.08. The molecule has 1 fully saturated rings. The molecule has 21 heavy (non-hydrogen) atoms. The number of nitrogens with zero attached hydrogens (tertiary/aromatic N) is 1. The van der Waals surface area contributed by atoms with Gasteiger partial charge in [0.25, 0.3) is 0 Å². The van der Waals surface area contributed by atoms with Crippen molar-refractivity contribution in [3.8, 4) is 6.07 Å². The number of benzene rings is 1. The van der Waals surface area contributed by atoms with Gasteiger partial charge in [-0.05, 0) is 18.9 Å². The molecule has 1 amide bonds. The number of hydrogen-bond acceptors (Lipinski definition) is 3. The number of carbonyl (C=O) groups is 1. The average Bonchev–Trinajstić information content (AvgIpc) is 2.53. The summed E-state index contributed by atoms with van der Waals surface area (Å²) in [5.41, 5.74) is -0.354. The van der Waals surface area contributed by atoms with Gasteiger partial charge >= 0.3 is 0 Å². The molecule has 0 heterocycles. The molecule has 1 atom stereocenters. The summed E-state index contributed by atoms with van der Waals surface area (Å²) in [5.74, 6) is -0.282. The zero-order valence-corrected chi connectivity index (χ0v) is 12.6. The van der Waals surface area contributed by atoms with Crippen molar-refractivity contribution in [2.24, 2.45) is 5.41 Å². The molecule has 1 aliphatic rings. The topological polar surface area (TPSA) is 73.1 Å². The number of carbonyl (C=O) groups excluding carboxylic acids is 1. The van der Waals surface area contributed by atoms with Gasteiger partial charge in [0.05, 0.1) is 12.2 Å². The van der Waals surface area contributed by atoms with E-state index in [1.165, 1.54) is 0 Å². The molecule has 5 heteroatoms. The fourth-order valence-electron chi connectivity index (χ4n) is 2.76. The monoisotopic (exact) mass is 306 g/mol. The third-order valence-corrected chi connectivity index (χ3v) is 4.42. The molecule has 112 valence electrons. The molecule has 4 nitrogen and oxygen atoms in total. The van der Waals surface area contributed by atoms with Crippen molar-refractivity contribution in [2.45, 2.75) is 38.2 Å². The van der Waals surface area contributed by atoms with Crippen molar-refractivity contribution in [2.75, 3.05) is 6.54 Å². The largest absolute Gasteiger partial charge is 0.387 e. The Hall–Kier alpha value is -1.57. The Morgan fingerprint density at radius 2 is 2.05 bits per heavy atom. The van der Waals surface area contributed by atoms with Gasteiger partial charge in [-0.3, -0.25) is 4.79 Å². The molecule has 0 spiro atoms. The van der Waals surface area contributed by atoms with Crippen molar-refractivity contribution in [1.82, 2.24) is 5.32 Å². The lowest BCUT2D eigenvalue weighted by Crippen LogP contribution is -2.42. The van der Waals surface area contributed by atoms with E-state index in [4.69, 9.17) is 11.6 Å². The van der Waals surface area contributed by atoms with E-state index in [-0.39, 0.29) is 12.5 Å². The second-order valence-electron chi connectivity index (χ2n) is 5.50. The molecular weight excluding hydrogens is 288 g/mol. The summed E-state index contributed by atoms with van der Waals surface area (Å²) in [5, 5.41) is 22.6. The summed E-state index contributed by atoms with van der Waals surface area (Å²) in [6, 6.07) is 9.15. The summed E-state index contributed by atoms with van der Waals surface area (Å²) in [4.78, 5) is 12.3.